The van der Waals surface area contributed by atoms with Gasteiger partial charge in [0.05, 0.1) is 0 Å². The molecule has 0 unspecified atom stereocenters. The molecular formula is C13H17Cl2N. The number of nitrogens with zero attached hydrogens (tertiary/aromatic N) is 1. The molecule has 1 saturated heterocycles. The molecule has 88 valence electrons. The van der Waals surface area contributed by atoms with Crippen molar-refractivity contribution in [1.82, 2.24) is 4.90 Å². The summed E-state index contributed by atoms with van der Waals surface area (Å²) in [6, 6.07) is 5.80. The molecule has 1 aliphatic heterocycles. The van der Waals surface area contributed by atoms with Gasteiger partial charge in [-0.2, -0.15) is 0 Å². The number of likely N-dealkylation sites (tertiary alicyclic amines) is 1. The van der Waals surface area contributed by atoms with Crippen LogP contribution in [-0.2, 0) is 6.54 Å². The number of hydrogen-bond donors (Lipinski definition) is 0. The van der Waals surface area contributed by atoms with Gasteiger partial charge in [0, 0.05) is 23.1 Å². The molecule has 1 nitrogen and oxygen atoms in total. The van der Waals surface area contributed by atoms with Crippen molar-refractivity contribution in [3.05, 3.63) is 33.8 Å². The molecule has 0 aliphatic carbocycles. The van der Waals surface area contributed by atoms with Crippen LogP contribution in [0.2, 0.25) is 10.0 Å². The molecule has 0 spiro atoms. The van der Waals surface area contributed by atoms with Gasteiger partial charge >= 0.3 is 0 Å². The molecule has 0 N–H and O–H groups in total. The summed E-state index contributed by atoms with van der Waals surface area (Å²) in [5, 5.41) is 1.46. The van der Waals surface area contributed by atoms with Crippen LogP contribution in [-0.4, -0.2) is 18.0 Å². The van der Waals surface area contributed by atoms with Crippen molar-refractivity contribution < 1.29 is 0 Å². The molecule has 1 atom stereocenters. The van der Waals surface area contributed by atoms with Crippen LogP contribution in [0.3, 0.4) is 0 Å². The van der Waals surface area contributed by atoms with Crippen LogP contribution in [0.5, 0.6) is 0 Å². The highest BCUT2D eigenvalue weighted by Gasteiger charge is 2.16. The Morgan fingerprint density at radius 1 is 1.25 bits per heavy atom. The molecule has 1 heterocycles. The summed E-state index contributed by atoms with van der Waals surface area (Å²) in [4.78, 5) is 2.48. The number of halogens is 2. The van der Waals surface area contributed by atoms with Crippen molar-refractivity contribution in [1.29, 1.82) is 0 Å². The summed E-state index contributed by atoms with van der Waals surface area (Å²) in [5.41, 5.74) is 1.21. The van der Waals surface area contributed by atoms with Crippen LogP contribution in [0.25, 0.3) is 0 Å². The molecule has 1 aromatic carbocycles. The van der Waals surface area contributed by atoms with Gasteiger partial charge in [-0.25, -0.2) is 0 Å². The number of benzene rings is 1. The van der Waals surface area contributed by atoms with Gasteiger partial charge in [0.25, 0.3) is 0 Å². The summed E-state index contributed by atoms with van der Waals surface area (Å²) in [7, 11) is 0. The quantitative estimate of drug-likeness (QED) is 0.767. The molecular weight excluding hydrogens is 241 g/mol. The highest BCUT2D eigenvalue weighted by Crippen LogP contribution is 2.22. The minimum absolute atomic E-state index is 0.729. The van der Waals surface area contributed by atoms with Gasteiger partial charge in [-0.3, -0.25) is 4.90 Å². The second kappa shape index (κ2) is 5.39. The van der Waals surface area contributed by atoms with Crippen molar-refractivity contribution in [2.24, 2.45) is 5.92 Å². The standard InChI is InChI=1S/C13H17Cl2N/c1-10-3-2-4-16(8-10)9-11-5-12(14)7-13(15)6-11/h5-7,10H,2-4,8-9H2,1H3/t10-/m1/s1. The fourth-order valence-corrected chi connectivity index (χ4v) is 2.96. The van der Waals surface area contributed by atoms with Gasteiger partial charge in [0.2, 0.25) is 0 Å². The second-order valence-corrected chi connectivity index (χ2v) is 5.63. The SMILES string of the molecule is C[C@@H]1CCCN(Cc2cc(Cl)cc(Cl)c2)C1. The molecule has 0 radical (unpaired) electrons. The molecule has 0 aromatic heterocycles. The van der Waals surface area contributed by atoms with Gasteiger partial charge < -0.3 is 0 Å². The van der Waals surface area contributed by atoms with Crippen molar-refractivity contribution in [2.45, 2.75) is 26.3 Å². The average Bonchev–Trinajstić information content (AvgIpc) is 2.15. The molecule has 16 heavy (non-hydrogen) atoms. The molecule has 0 amide bonds. The maximum atomic E-state index is 5.99. The lowest BCUT2D eigenvalue weighted by atomic mass is 10.00. The van der Waals surface area contributed by atoms with E-state index in [1.165, 1.54) is 31.5 Å². The van der Waals surface area contributed by atoms with Crippen molar-refractivity contribution in [3.8, 4) is 0 Å². The van der Waals surface area contributed by atoms with Crippen LogP contribution in [0.1, 0.15) is 25.3 Å². The predicted molar refractivity (Wildman–Crippen MR) is 70.1 cm³/mol. The third kappa shape index (κ3) is 3.38. The lowest BCUT2D eigenvalue weighted by Gasteiger charge is -2.30. The van der Waals surface area contributed by atoms with E-state index in [-0.39, 0.29) is 0 Å². The molecule has 1 fully saturated rings. The lowest BCUT2D eigenvalue weighted by molar-refractivity contribution is 0.176. The van der Waals surface area contributed by atoms with Crippen LogP contribution >= 0.6 is 23.2 Å². The van der Waals surface area contributed by atoms with Gasteiger partial charge in [-0.05, 0) is 49.1 Å². The van der Waals surface area contributed by atoms with Gasteiger partial charge in [0.1, 0.15) is 0 Å². The Hall–Kier alpha value is -0.240. The number of piperidine rings is 1. The average molecular weight is 258 g/mol. The predicted octanol–water partition coefficient (Wildman–Crippen LogP) is 4.23. The van der Waals surface area contributed by atoms with Crippen LogP contribution < -0.4 is 0 Å². The summed E-state index contributed by atoms with van der Waals surface area (Å²) >= 11 is 12.0. The fraction of sp³-hybridized carbons (Fsp3) is 0.538. The molecule has 0 saturated carbocycles. The first-order chi connectivity index (χ1) is 7.63. The fourth-order valence-electron chi connectivity index (χ4n) is 2.39. The maximum absolute atomic E-state index is 5.99. The maximum Gasteiger partial charge on any atom is 0.0424 e. The Balaban J connectivity index is 2.02. The van der Waals surface area contributed by atoms with Gasteiger partial charge in [-0.15, -0.1) is 0 Å². The normalized spacial score (nSPS) is 22.3. The summed E-state index contributed by atoms with van der Waals surface area (Å²) in [5.74, 6) is 0.809. The Kier molecular flexibility index (Phi) is 4.12. The van der Waals surface area contributed by atoms with E-state index in [0.717, 1.165) is 22.5 Å². The topological polar surface area (TPSA) is 3.24 Å². The van der Waals surface area contributed by atoms with Gasteiger partial charge in [-0.1, -0.05) is 30.1 Å². The molecule has 0 bridgehead atoms. The highest BCUT2D eigenvalue weighted by molar-refractivity contribution is 6.34. The minimum atomic E-state index is 0.729. The van der Waals surface area contributed by atoms with E-state index in [2.05, 4.69) is 11.8 Å². The van der Waals surface area contributed by atoms with E-state index < -0.39 is 0 Å². The first kappa shape index (κ1) is 12.2. The van der Waals surface area contributed by atoms with E-state index in [9.17, 15) is 0 Å². The zero-order valence-electron chi connectivity index (χ0n) is 9.55. The molecule has 1 aliphatic rings. The third-order valence-corrected chi connectivity index (χ3v) is 3.51. The second-order valence-electron chi connectivity index (χ2n) is 4.76. The van der Waals surface area contributed by atoms with Crippen LogP contribution in [0.15, 0.2) is 18.2 Å². The molecule has 1 aromatic rings. The Labute approximate surface area is 107 Å². The van der Waals surface area contributed by atoms with Crippen molar-refractivity contribution in [3.63, 3.8) is 0 Å². The third-order valence-electron chi connectivity index (χ3n) is 3.07. The summed E-state index contributed by atoms with van der Waals surface area (Å²) in [6.45, 7) is 5.65. The smallest absolute Gasteiger partial charge is 0.0424 e. The largest absolute Gasteiger partial charge is 0.299 e. The molecule has 3 heteroatoms. The van der Waals surface area contributed by atoms with E-state index in [1.54, 1.807) is 6.07 Å². The first-order valence-corrected chi connectivity index (χ1v) is 6.56. The minimum Gasteiger partial charge on any atom is -0.299 e. The van der Waals surface area contributed by atoms with Crippen LogP contribution in [0.4, 0.5) is 0 Å². The van der Waals surface area contributed by atoms with Crippen LogP contribution in [0, 0.1) is 5.92 Å². The lowest BCUT2D eigenvalue weighted by Crippen LogP contribution is -2.33. The van der Waals surface area contributed by atoms with Gasteiger partial charge in [0.15, 0.2) is 0 Å². The van der Waals surface area contributed by atoms with E-state index in [4.69, 9.17) is 23.2 Å². The van der Waals surface area contributed by atoms with E-state index >= 15 is 0 Å². The van der Waals surface area contributed by atoms with Crippen molar-refractivity contribution >= 4 is 23.2 Å². The number of rotatable bonds is 2. The Morgan fingerprint density at radius 3 is 2.56 bits per heavy atom. The van der Waals surface area contributed by atoms with E-state index in [1.807, 2.05) is 12.1 Å². The molecule has 2 rings (SSSR count). The Bertz CT molecular complexity index is 345. The Morgan fingerprint density at radius 2 is 1.94 bits per heavy atom. The summed E-state index contributed by atoms with van der Waals surface area (Å²) in [6.07, 6.45) is 2.66. The number of hydrogen-bond acceptors (Lipinski definition) is 1. The zero-order chi connectivity index (χ0) is 11.5. The zero-order valence-corrected chi connectivity index (χ0v) is 11.1. The van der Waals surface area contributed by atoms with Crippen molar-refractivity contribution in [2.75, 3.05) is 13.1 Å². The monoisotopic (exact) mass is 257 g/mol. The summed E-state index contributed by atoms with van der Waals surface area (Å²) < 4.78 is 0. The van der Waals surface area contributed by atoms with E-state index in [0.29, 0.717) is 0 Å². The first-order valence-electron chi connectivity index (χ1n) is 5.81. The highest BCUT2D eigenvalue weighted by atomic mass is 35.5.